The van der Waals surface area contributed by atoms with E-state index in [9.17, 15) is 13.2 Å². The van der Waals surface area contributed by atoms with E-state index in [0.717, 1.165) is 0 Å². The molecule has 0 aliphatic carbocycles. The lowest BCUT2D eigenvalue weighted by molar-refractivity contribution is 0.238. The fraction of sp³-hybridized carbons (Fsp3) is 0.636. The number of aromatic nitrogens is 1. The van der Waals surface area contributed by atoms with Gasteiger partial charge in [0, 0.05) is 25.2 Å². The van der Waals surface area contributed by atoms with Crippen molar-refractivity contribution in [3.05, 3.63) is 11.8 Å². The van der Waals surface area contributed by atoms with Gasteiger partial charge >= 0.3 is 6.03 Å². The molecule has 1 fully saturated rings. The van der Waals surface area contributed by atoms with Gasteiger partial charge < -0.3 is 9.84 Å². The van der Waals surface area contributed by atoms with E-state index < -0.39 is 10.0 Å². The topological polar surface area (TPSA) is 105 Å². The van der Waals surface area contributed by atoms with Crippen molar-refractivity contribution in [2.75, 3.05) is 24.7 Å². The van der Waals surface area contributed by atoms with Crippen molar-refractivity contribution in [3.63, 3.8) is 0 Å². The zero-order valence-corrected chi connectivity index (χ0v) is 12.2. The van der Waals surface area contributed by atoms with Gasteiger partial charge in [-0.15, -0.1) is 0 Å². The van der Waals surface area contributed by atoms with E-state index in [2.05, 4.69) is 15.8 Å². The van der Waals surface area contributed by atoms with E-state index in [1.165, 1.54) is 10.6 Å². The molecule has 1 aromatic heterocycles. The zero-order valence-electron chi connectivity index (χ0n) is 11.4. The Labute approximate surface area is 117 Å². The molecular weight excluding hydrogens is 284 g/mol. The molecule has 0 aromatic carbocycles. The van der Waals surface area contributed by atoms with Crippen LogP contribution in [0.4, 0.5) is 10.6 Å². The van der Waals surface area contributed by atoms with Crippen molar-refractivity contribution >= 4 is 21.9 Å². The van der Waals surface area contributed by atoms with Gasteiger partial charge in [-0.1, -0.05) is 5.16 Å². The number of carbonyl (C=O) groups is 1. The van der Waals surface area contributed by atoms with Gasteiger partial charge in [-0.25, -0.2) is 17.5 Å². The van der Waals surface area contributed by atoms with Crippen LogP contribution in [0.1, 0.15) is 18.6 Å². The highest BCUT2D eigenvalue weighted by atomic mass is 32.2. The molecule has 1 aliphatic rings. The molecular formula is C11H18N4O4S. The molecule has 2 N–H and O–H groups in total. The number of carbonyl (C=O) groups excluding carboxylic acids is 1. The Kier molecular flexibility index (Phi) is 4.29. The maximum Gasteiger partial charge on any atom is 0.320 e. The van der Waals surface area contributed by atoms with E-state index in [-0.39, 0.29) is 12.1 Å². The molecule has 0 saturated carbocycles. The van der Waals surface area contributed by atoms with Gasteiger partial charge in [-0.3, -0.25) is 5.32 Å². The van der Waals surface area contributed by atoms with Gasteiger partial charge in [-0.2, -0.15) is 0 Å². The summed E-state index contributed by atoms with van der Waals surface area (Å²) in [6.45, 7) is 2.58. The molecule has 0 radical (unpaired) electrons. The van der Waals surface area contributed by atoms with Crippen molar-refractivity contribution in [1.82, 2.24) is 14.8 Å². The van der Waals surface area contributed by atoms with Crippen LogP contribution >= 0.6 is 0 Å². The first kappa shape index (κ1) is 14.8. The number of hydrogen-bond donors (Lipinski definition) is 2. The van der Waals surface area contributed by atoms with Crippen LogP contribution in [0.15, 0.2) is 10.6 Å². The number of anilines is 1. The largest absolute Gasteiger partial charge is 0.360 e. The first-order valence-electron chi connectivity index (χ1n) is 6.30. The molecule has 1 aromatic rings. The lowest BCUT2D eigenvalue weighted by Crippen LogP contribution is -2.47. The number of hydrogen-bond acceptors (Lipinski definition) is 5. The SMILES string of the molecule is Cc1cc(NC(=O)NC2CCN(S(C)(=O)=O)CC2)no1. The Hall–Kier alpha value is -1.61. The van der Waals surface area contributed by atoms with E-state index in [1.807, 2.05) is 0 Å². The summed E-state index contributed by atoms with van der Waals surface area (Å²) >= 11 is 0. The number of aryl methyl sites for hydroxylation is 1. The second kappa shape index (κ2) is 5.80. The number of rotatable bonds is 3. The third-order valence-corrected chi connectivity index (χ3v) is 4.43. The fourth-order valence-corrected chi connectivity index (χ4v) is 2.97. The lowest BCUT2D eigenvalue weighted by Gasteiger charge is -2.30. The summed E-state index contributed by atoms with van der Waals surface area (Å²) in [6, 6.07) is 1.21. The van der Waals surface area contributed by atoms with Crippen LogP contribution in [0.25, 0.3) is 0 Å². The second-order valence-corrected chi connectivity index (χ2v) is 6.84. The summed E-state index contributed by atoms with van der Waals surface area (Å²) in [5.41, 5.74) is 0. The smallest absolute Gasteiger partial charge is 0.320 e. The maximum atomic E-state index is 11.7. The Bertz CT molecular complexity index is 575. The number of piperidine rings is 1. The normalized spacial score (nSPS) is 17.9. The van der Waals surface area contributed by atoms with E-state index in [0.29, 0.717) is 37.5 Å². The Morgan fingerprint density at radius 3 is 2.60 bits per heavy atom. The minimum Gasteiger partial charge on any atom is -0.360 e. The highest BCUT2D eigenvalue weighted by Gasteiger charge is 2.25. The van der Waals surface area contributed by atoms with Crippen LogP contribution in [0.5, 0.6) is 0 Å². The highest BCUT2D eigenvalue weighted by Crippen LogP contribution is 2.13. The summed E-state index contributed by atoms with van der Waals surface area (Å²) < 4.78 is 29.0. The quantitative estimate of drug-likeness (QED) is 0.847. The maximum absolute atomic E-state index is 11.7. The van der Waals surface area contributed by atoms with Crippen LogP contribution in [-0.2, 0) is 10.0 Å². The zero-order chi connectivity index (χ0) is 14.8. The van der Waals surface area contributed by atoms with Gasteiger partial charge in [0.15, 0.2) is 5.82 Å². The van der Waals surface area contributed by atoms with Gasteiger partial charge in [0.25, 0.3) is 0 Å². The van der Waals surface area contributed by atoms with Crippen LogP contribution in [-0.4, -0.2) is 49.3 Å². The minimum atomic E-state index is -3.14. The predicted octanol–water partition coefficient (Wildman–Crippen LogP) is 0.529. The molecule has 0 atom stereocenters. The summed E-state index contributed by atoms with van der Waals surface area (Å²) in [5.74, 6) is 0.968. The summed E-state index contributed by atoms with van der Waals surface area (Å²) in [6.07, 6.45) is 2.39. The Morgan fingerprint density at radius 1 is 1.45 bits per heavy atom. The van der Waals surface area contributed by atoms with Crippen LogP contribution in [0, 0.1) is 6.92 Å². The summed E-state index contributed by atoms with van der Waals surface area (Å²) in [7, 11) is -3.14. The van der Waals surface area contributed by atoms with Crippen molar-refractivity contribution in [2.45, 2.75) is 25.8 Å². The molecule has 0 bridgehead atoms. The second-order valence-electron chi connectivity index (χ2n) is 4.86. The molecule has 2 amide bonds. The number of sulfonamides is 1. The first-order valence-corrected chi connectivity index (χ1v) is 8.15. The minimum absolute atomic E-state index is 0.0407. The van der Waals surface area contributed by atoms with Crippen molar-refractivity contribution in [3.8, 4) is 0 Å². The molecule has 0 unspecified atom stereocenters. The molecule has 8 nitrogen and oxygen atoms in total. The molecule has 112 valence electrons. The van der Waals surface area contributed by atoms with Crippen LogP contribution in [0.3, 0.4) is 0 Å². The molecule has 0 spiro atoms. The molecule has 2 heterocycles. The van der Waals surface area contributed by atoms with E-state index >= 15 is 0 Å². The van der Waals surface area contributed by atoms with Crippen LogP contribution < -0.4 is 10.6 Å². The fourth-order valence-electron chi connectivity index (χ4n) is 2.09. The Balaban J connectivity index is 1.79. The molecule has 1 saturated heterocycles. The van der Waals surface area contributed by atoms with E-state index in [4.69, 9.17) is 4.52 Å². The molecule has 9 heteroatoms. The van der Waals surface area contributed by atoms with Crippen molar-refractivity contribution in [2.24, 2.45) is 0 Å². The standard InChI is InChI=1S/C11H18N4O4S/c1-8-7-10(14-19-8)13-11(16)12-9-3-5-15(6-4-9)20(2,17)18/h7,9H,3-6H2,1-2H3,(H2,12,13,14,16). The number of nitrogens with zero attached hydrogens (tertiary/aromatic N) is 2. The van der Waals surface area contributed by atoms with Crippen LogP contribution in [0.2, 0.25) is 0 Å². The van der Waals surface area contributed by atoms with Gasteiger partial charge in [0.05, 0.1) is 6.26 Å². The Morgan fingerprint density at radius 2 is 2.10 bits per heavy atom. The monoisotopic (exact) mass is 302 g/mol. The van der Waals surface area contributed by atoms with Crippen molar-refractivity contribution in [1.29, 1.82) is 0 Å². The van der Waals surface area contributed by atoms with Crippen molar-refractivity contribution < 1.29 is 17.7 Å². The number of nitrogens with one attached hydrogen (secondary N) is 2. The third-order valence-electron chi connectivity index (χ3n) is 3.13. The average molecular weight is 302 g/mol. The first-order chi connectivity index (χ1) is 9.34. The van der Waals surface area contributed by atoms with Gasteiger partial charge in [0.1, 0.15) is 5.76 Å². The third kappa shape index (κ3) is 3.94. The predicted molar refractivity (Wildman–Crippen MR) is 72.8 cm³/mol. The van der Waals surface area contributed by atoms with E-state index in [1.54, 1.807) is 13.0 Å². The molecule has 20 heavy (non-hydrogen) atoms. The molecule has 1 aliphatic heterocycles. The highest BCUT2D eigenvalue weighted by molar-refractivity contribution is 7.88. The van der Waals surface area contributed by atoms with Gasteiger partial charge in [0.2, 0.25) is 10.0 Å². The summed E-state index contributed by atoms with van der Waals surface area (Å²) in [5, 5.41) is 9.02. The summed E-state index contributed by atoms with van der Waals surface area (Å²) in [4.78, 5) is 11.7. The average Bonchev–Trinajstić information content (AvgIpc) is 2.74. The molecule has 2 rings (SSSR count). The van der Waals surface area contributed by atoms with Gasteiger partial charge in [-0.05, 0) is 19.8 Å². The lowest BCUT2D eigenvalue weighted by atomic mass is 10.1. The number of amides is 2. The number of urea groups is 1.